The zero-order valence-corrected chi connectivity index (χ0v) is 21.5. The minimum atomic E-state index is -0.381. The molecule has 33 heavy (non-hydrogen) atoms. The minimum Gasteiger partial charge on any atom is -0.488 e. The Kier molecular flexibility index (Phi) is 7.72. The summed E-state index contributed by atoms with van der Waals surface area (Å²) in [6.45, 7) is 0.369. The van der Waals surface area contributed by atoms with Crippen molar-refractivity contribution in [3.63, 3.8) is 0 Å². The second-order valence-electron chi connectivity index (χ2n) is 7.08. The third-order valence-corrected chi connectivity index (χ3v) is 7.31. The van der Waals surface area contributed by atoms with E-state index in [0.29, 0.717) is 36.8 Å². The smallest absolute Gasteiger partial charge is 0.293 e. The average Bonchev–Trinajstić information content (AvgIpc) is 3.04. The van der Waals surface area contributed by atoms with E-state index in [4.69, 9.17) is 39.5 Å². The molecule has 0 radical (unpaired) electrons. The molecule has 1 aliphatic heterocycles. The van der Waals surface area contributed by atoms with Crippen LogP contribution in [0.1, 0.15) is 16.7 Å². The number of nitrogens with zero attached hydrogens (tertiary/aromatic N) is 1. The highest BCUT2D eigenvalue weighted by Gasteiger charge is 2.35. The van der Waals surface area contributed by atoms with Crippen molar-refractivity contribution in [3.8, 4) is 5.75 Å². The van der Waals surface area contributed by atoms with Crippen LogP contribution in [-0.4, -0.2) is 16.0 Å². The van der Waals surface area contributed by atoms with E-state index in [2.05, 4.69) is 15.9 Å². The average molecular weight is 584 g/mol. The van der Waals surface area contributed by atoms with Gasteiger partial charge in [-0.05, 0) is 59.8 Å². The van der Waals surface area contributed by atoms with E-state index in [1.165, 1.54) is 4.90 Å². The van der Waals surface area contributed by atoms with Crippen LogP contribution in [0.4, 0.5) is 4.79 Å². The zero-order chi connectivity index (χ0) is 23.5. The van der Waals surface area contributed by atoms with Gasteiger partial charge >= 0.3 is 0 Å². The molecular weight excluding hydrogens is 569 g/mol. The molecule has 4 nitrogen and oxygen atoms in total. The summed E-state index contributed by atoms with van der Waals surface area (Å²) in [5.74, 6) is 0.183. The monoisotopic (exact) mass is 581 g/mol. The highest BCUT2D eigenvalue weighted by molar-refractivity contribution is 9.10. The lowest BCUT2D eigenvalue weighted by Crippen LogP contribution is -2.27. The molecule has 1 fully saturated rings. The highest BCUT2D eigenvalue weighted by atomic mass is 79.9. The van der Waals surface area contributed by atoms with Crippen LogP contribution in [0.2, 0.25) is 15.1 Å². The van der Waals surface area contributed by atoms with E-state index in [0.717, 1.165) is 21.8 Å². The molecule has 0 N–H and O–H groups in total. The van der Waals surface area contributed by atoms with Gasteiger partial charge in [-0.1, -0.05) is 75.0 Å². The molecule has 168 valence electrons. The van der Waals surface area contributed by atoms with E-state index in [1.807, 2.05) is 30.3 Å². The maximum Gasteiger partial charge on any atom is 0.293 e. The number of carbonyl (C=O) groups is 2. The van der Waals surface area contributed by atoms with Gasteiger partial charge in [0.15, 0.2) is 0 Å². The number of hydrogen-bond donors (Lipinski definition) is 0. The fourth-order valence-corrected chi connectivity index (χ4v) is 4.85. The van der Waals surface area contributed by atoms with Crippen molar-refractivity contribution in [2.45, 2.75) is 13.2 Å². The summed E-state index contributed by atoms with van der Waals surface area (Å²) in [6.07, 6.45) is 1.66. The summed E-state index contributed by atoms with van der Waals surface area (Å²) in [6, 6.07) is 17.9. The SMILES string of the molecule is O=C1S/C(=C\c2cc(Br)ccc2OCc2ccccc2Cl)C(=O)N1Cc1ccc(Cl)c(Cl)c1. The van der Waals surface area contributed by atoms with Gasteiger partial charge in [0.1, 0.15) is 12.4 Å². The first-order valence-corrected chi connectivity index (χ1v) is 12.4. The summed E-state index contributed by atoms with van der Waals surface area (Å²) in [4.78, 5) is 27.0. The standard InChI is InChI=1S/C24H15BrCl3NO3S/c25-17-6-8-21(32-13-15-3-1-2-4-18(15)26)16(10-17)11-22-23(30)29(24(31)33-22)12-14-5-7-19(27)20(28)9-14/h1-11H,12-13H2/b22-11-. The van der Waals surface area contributed by atoms with Gasteiger partial charge in [0, 0.05) is 20.6 Å². The number of carbonyl (C=O) groups excluding carboxylic acids is 2. The number of hydrogen-bond acceptors (Lipinski definition) is 4. The number of rotatable bonds is 6. The molecule has 2 amide bonds. The summed E-state index contributed by atoms with van der Waals surface area (Å²) in [5.41, 5.74) is 2.21. The minimum absolute atomic E-state index is 0.104. The molecule has 3 aromatic carbocycles. The number of ether oxygens (including phenoxy) is 1. The van der Waals surface area contributed by atoms with Crippen LogP contribution in [0.3, 0.4) is 0 Å². The first-order chi connectivity index (χ1) is 15.8. The Morgan fingerprint density at radius 1 is 0.939 bits per heavy atom. The third kappa shape index (κ3) is 5.76. The van der Waals surface area contributed by atoms with Crippen molar-refractivity contribution in [3.05, 3.63) is 102 Å². The second kappa shape index (κ2) is 10.5. The van der Waals surface area contributed by atoms with Gasteiger partial charge in [-0.25, -0.2) is 0 Å². The van der Waals surface area contributed by atoms with E-state index in [1.54, 1.807) is 36.4 Å². The van der Waals surface area contributed by atoms with Gasteiger partial charge in [-0.3, -0.25) is 14.5 Å². The van der Waals surface area contributed by atoms with Crippen LogP contribution in [0.15, 0.2) is 70.0 Å². The molecule has 0 aromatic heterocycles. The van der Waals surface area contributed by atoms with E-state index in [9.17, 15) is 9.59 Å². The second-order valence-corrected chi connectivity index (χ2v) is 10.2. The molecule has 4 rings (SSSR count). The molecule has 0 spiro atoms. The number of halogens is 4. The van der Waals surface area contributed by atoms with Gasteiger partial charge in [0.25, 0.3) is 11.1 Å². The van der Waals surface area contributed by atoms with E-state index >= 15 is 0 Å². The van der Waals surface area contributed by atoms with Crippen LogP contribution in [0.5, 0.6) is 5.75 Å². The van der Waals surface area contributed by atoms with Crippen LogP contribution < -0.4 is 4.74 Å². The first kappa shape index (κ1) is 24.2. The number of thioether (sulfide) groups is 1. The predicted molar refractivity (Wildman–Crippen MR) is 138 cm³/mol. The molecule has 1 aliphatic rings. The fourth-order valence-electron chi connectivity index (χ4n) is 3.13. The lowest BCUT2D eigenvalue weighted by molar-refractivity contribution is -0.123. The van der Waals surface area contributed by atoms with Crippen molar-refractivity contribution in [1.29, 1.82) is 0 Å². The van der Waals surface area contributed by atoms with Gasteiger partial charge < -0.3 is 4.74 Å². The Hall–Kier alpha value is -1.96. The highest BCUT2D eigenvalue weighted by Crippen LogP contribution is 2.36. The summed E-state index contributed by atoms with van der Waals surface area (Å²) < 4.78 is 6.80. The molecule has 3 aromatic rings. The molecule has 0 aliphatic carbocycles. The quantitative estimate of drug-likeness (QED) is 0.274. The van der Waals surface area contributed by atoms with Crippen LogP contribution in [0.25, 0.3) is 6.08 Å². The van der Waals surface area contributed by atoms with Crippen molar-refractivity contribution in [2.75, 3.05) is 0 Å². The summed E-state index contributed by atoms with van der Waals surface area (Å²) in [7, 11) is 0. The maximum absolute atomic E-state index is 13.0. The Bertz CT molecular complexity index is 1280. The number of benzene rings is 3. The third-order valence-electron chi connectivity index (χ3n) is 4.80. The summed E-state index contributed by atoms with van der Waals surface area (Å²) >= 11 is 22.6. The Labute approximate surface area is 218 Å². The van der Waals surface area contributed by atoms with Crippen molar-refractivity contribution in [1.82, 2.24) is 4.90 Å². The lowest BCUT2D eigenvalue weighted by Gasteiger charge is -2.13. The Morgan fingerprint density at radius 3 is 2.48 bits per heavy atom. The molecule has 0 atom stereocenters. The molecule has 0 unspecified atom stereocenters. The molecule has 1 heterocycles. The zero-order valence-electron chi connectivity index (χ0n) is 16.9. The first-order valence-electron chi connectivity index (χ1n) is 9.67. The Morgan fingerprint density at radius 2 is 1.73 bits per heavy atom. The number of imide groups is 1. The van der Waals surface area contributed by atoms with E-state index in [-0.39, 0.29) is 24.3 Å². The van der Waals surface area contributed by atoms with Gasteiger partial charge in [-0.2, -0.15) is 0 Å². The molecule has 9 heteroatoms. The maximum atomic E-state index is 13.0. The lowest BCUT2D eigenvalue weighted by atomic mass is 10.1. The van der Waals surface area contributed by atoms with Crippen LogP contribution in [0, 0.1) is 0 Å². The predicted octanol–water partition coefficient (Wildman–Crippen LogP) is 8.22. The van der Waals surface area contributed by atoms with Crippen molar-refractivity contribution >= 4 is 79.7 Å². The molecule has 1 saturated heterocycles. The molecule has 0 bridgehead atoms. The fraction of sp³-hybridized carbons (Fsp3) is 0.0833. The van der Waals surface area contributed by atoms with Crippen LogP contribution in [-0.2, 0) is 17.9 Å². The number of amides is 2. The van der Waals surface area contributed by atoms with Gasteiger partial charge in [-0.15, -0.1) is 0 Å². The van der Waals surface area contributed by atoms with Crippen molar-refractivity contribution < 1.29 is 14.3 Å². The van der Waals surface area contributed by atoms with E-state index < -0.39 is 0 Å². The largest absolute Gasteiger partial charge is 0.488 e. The Balaban J connectivity index is 1.56. The van der Waals surface area contributed by atoms with Crippen molar-refractivity contribution in [2.24, 2.45) is 0 Å². The van der Waals surface area contributed by atoms with Crippen LogP contribution >= 0.6 is 62.5 Å². The topological polar surface area (TPSA) is 46.6 Å². The normalized spacial score (nSPS) is 14.9. The van der Waals surface area contributed by atoms with Gasteiger partial charge in [0.2, 0.25) is 0 Å². The van der Waals surface area contributed by atoms with Gasteiger partial charge in [0.05, 0.1) is 21.5 Å². The summed E-state index contributed by atoms with van der Waals surface area (Å²) in [5, 5.41) is 1.03. The molecular formula is C24H15BrCl3NO3S. The molecule has 0 saturated carbocycles.